The number of hydrogen-bond donors (Lipinski definition) is 1. The van der Waals surface area contributed by atoms with Crippen molar-refractivity contribution in [3.8, 4) is 0 Å². The lowest BCUT2D eigenvalue weighted by atomic mass is 10.3. The fourth-order valence-corrected chi connectivity index (χ4v) is 1.89. The maximum Gasteiger partial charge on any atom is 0.254 e. The van der Waals surface area contributed by atoms with Gasteiger partial charge >= 0.3 is 0 Å². The summed E-state index contributed by atoms with van der Waals surface area (Å²) >= 11 is 0. The van der Waals surface area contributed by atoms with Crippen LogP contribution in [0.4, 0.5) is 5.69 Å². The summed E-state index contributed by atoms with van der Waals surface area (Å²) in [5, 5.41) is 3.45. The smallest absolute Gasteiger partial charge is 0.254 e. The van der Waals surface area contributed by atoms with Crippen LogP contribution in [0.15, 0.2) is 30.3 Å². The van der Waals surface area contributed by atoms with E-state index in [-0.39, 0.29) is 0 Å². The topological polar surface area (TPSA) is 21.3 Å². The van der Waals surface area contributed by atoms with Gasteiger partial charge in [-0.05, 0) is 25.5 Å². The number of nitrogens with one attached hydrogen (secondary N) is 1. The van der Waals surface area contributed by atoms with E-state index in [0.29, 0.717) is 15.4 Å². The molecule has 0 spiro atoms. The summed E-state index contributed by atoms with van der Waals surface area (Å²) in [6.07, 6.45) is 1.09. The Labute approximate surface area is 88.6 Å². The molecule has 0 bridgehead atoms. The standard InChI is InChI=1S/C11H17NOSi/c1-3-11(14-13-4-2)12-10-8-6-5-7-9-10/h5-9,11-12H,3-4H2,1-2H3. The molecule has 1 unspecified atom stereocenters. The molecule has 0 heterocycles. The van der Waals surface area contributed by atoms with Crippen molar-refractivity contribution in [2.45, 2.75) is 25.9 Å². The fraction of sp³-hybridized carbons (Fsp3) is 0.455. The Morgan fingerprint density at radius 3 is 2.57 bits per heavy atom. The predicted octanol–water partition coefficient (Wildman–Crippen LogP) is 2.49. The molecule has 1 aromatic rings. The number of benzene rings is 1. The predicted molar refractivity (Wildman–Crippen MR) is 61.5 cm³/mol. The normalized spacial score (nSPS) is 12.4. The fourth-order valence-electron chi connectivity index (χ4n) is 1.13. The average Bonchev–Trinajstić information content (AvgIpc) is 2.25. The van der Waals surface area contributed by atoms with Crippen molar-refractivity contribution in [1.29, 1.82) is 0 Å². The van der Waals surface area contributed by atoms with Crippen molar-refractivity contribution >= 4 is 15.5 Å². The van der Waals surface area contributed by atoms with Crippen LogP contribution in [0.25, 0.3) is 0 Å². The maximum atomic E-state index is 5.42. The van der Waals surface area contributed by atoms with Crippen molar-refractivity contribution in [3.05, 3.63) is 30.3 Å². The van der Waals surface area contributed by atoms with Gasteiger partial charge in [-0.1, -0.05) is 25.1 Å². The van der Waals surface area contributed by atoms with Crippen LogP contribution >= 0.6 is 0 Å². The Morgan fingerprint density at radius 2 is 2.00 bits per heavy atom. The largest absolute Gasteiger partial charge is 0.416 e. The average molecular weight is 207 g/mol. The van der Waals surface area contributed by atoms with Crippen LogP contribution in [0.5, 0.6) is 0 Å². The number of rotatable bonds is 6. The van der Waals surface area contributed by atoms with Gasteiger partial charge in [0.05, 0.1) is 0 Å². The van der Waals surface area contributed by atoms with Gasteiger partial charge < -0.3 is 9.74 Å². The van der Waals surface area contributed by atoms with Gasteiger partial charge in [-0.15, -0.1) is 0 Å². The molecular formula is C11H17NOSi. The van der Waals surface area contributed by atoms with Crippen molar-refractivity contribution in [1.82, 2.24) is 0 Å². The van der Waals surface area contributed by atoms with Crippen LogP contribution in [-0.2, 0) is 4.43 Å². The Bertz CT molecular complexity index is 240. The number of hydrogen-bond acceptors (Lipinski definition) is 2. The molecule has 0 aliphatic carbocycles. The third-order valence-electron chi connectivity index (χ3n) is 1.89. The maximum absolute atomic E-state index is 5.42. The van der Waals surface area contributed by atoms with Crippen molar-refractivity contribution < 1.29 is 4.43 Å². The van der Waals surface area contributed by atoms with Crippen LogP contribution in [-0.4, -0.2) is 22.0 Å². The highest BCUT2D eigenvalue weighted by molar-refractivity contribution is 6.30. The second-order valence-corrected chi connectivity index (χ2v) is 4.24. The molecule has 1 rings (SSSR count). The van der Waals surface area contributed by atoms with Gasteiger partial charge in [-0.2, -0.15) is 0 Å². The van der Waals surface area contributed by atoms with Crippen LogP contribution in [0.2, 0.25) is 0 Å². The zero-order valence-corrected chi connectivity index (χ0v) is 9.79. The highest BCUT2D eigenvalue weighted by atomic mass is 28.2. The van der Waals surface area contributed by atoms with E-state index >= 15 is 0 Å². The van der Waals surface area contributed by atoms with Crippen LogP contribution in [0, 0.1) is 0 Å². The van der Waals surface area contributed by atoms with Gasteiger partial charge in [0.1, 0.15) is 0 Å². The second kappa shape index (κ2) is 6.62. The Balaban J connectivity index is 2.40. The minimum atomic E-state index is 0.442. The molecule has 0 amide bonds. The molecule has 14 heavy (non-hydrogen) atoms. The first-order valence-electron chi connectivity index (χ1n) is 5.05. The first-order chi connectivity index (χ1) is 6.86. The first-order valence-corrected chi connectivity index (χ1v) is 6.04. The van der Waals surface area contributed by atoms with Crippen molar-refractivity contribution in [2.24, 2.45) is 0 Å². The van der Waals surface area contributed by atoms with E-state index < -0.39 is 0 Å². The lowest BCUT2D eigenvalue weighted by molar-refractivity contribution is 0.354. The third kappa shape index (κ3) is 3.94. The van der Waals surface area contributed by atoms with Gasteiger partial charge in [0, 0.05) is 18.0 Å². The lowest BCUT2D eigenvalue weighted by Gasteiger charge is -2.16. The molecule has 1 N–H and O–H groups in total. The van der Waals surface area contributed by atoms with Crippen LogP contribution < -0.4 is 5.32 Å². The van der Waals surface area contributed by atoms with E-state index in [9.17, 15) is 0 Å². The Hall–Kier alpha value is -0.803. The summed E-state index contributed by atoms with van der Waals surface area (Å²) in [5.41, 5.74) is 1.61. The quantitative estimate of drug-likeness (QED) is 0.724. The summed E-state index contributed by atoms with van der Waals surface area (Å²) < 4.78 is 5.42. The Morgan fingerprint density at radius 1 is 1.29 bits per heavy atom. The zero-order chi connectivity index (χ0) is 10.2. The summed E-state index contributed by atoms with van der Waals surface area (Å²) in [4.78, 5) is 0. The number of para-hydroxylation sites is 1. The second-order valence-electron chi connectivity index (χ2n) is 3.02. The molecule has 2 radical (unpaired) electrons. The number of anilines is 1. The van der Waals surface area contributed by atoms with E-state index in [1.807, 2.05) is 25.1 Å². The summed E-state index contributed by atoms with van der Waals surface area (Å²) in [7, 11) is 0.538. The molecule has 0 aromatic heterocycles. The van der Waals surface area contributed by atoms with E-state index in [4.69, 9.17) is 4.43 Å². The molecule has 0 saturated heterocycles. The molecule has 1 atom stereocenters. The van der Waals surface area contributed by atoms with Gasteiger partial charge in [0.2, 0.25) is 0 Å². The van der Waals surface area contributed by atoms with Gasteiger partial charge in [0.25, 0.3) is 9.76 Å². The van der Waals surface area contributed by atoms with E-state index in [0.717, 1.165) is 13.0 Å². The molecule has 3 heteroatoms. The zero-order valence-electron chi connectivity index (χ0n) is 8.79. The molecule has 1 aromatic carbocycles. The third-order valence-corrected chi connectivity index (χ3v) is 3.19. The molecule has 0 saturated carbocycles. The highest BCUT2D eigenvalue weighted by Crippen LogP contribution is 2.08. The summed E-state index contributed by atoms with van der Waals surface area (Å²) in [6.45, 7) is 5.00. The minimum absolute atomic E-state index is 0.442. The first kappa shape index (κ1) is 11.3. The van der Waals surface area contributed by atoms with Crippen LogP contribution in [0.3, 0.4) is 0 Å². The molecule has 2 nitrogen and oxygen atoms in total. The van der Waals surface area contributed by atoms with Crippen molar-refractivity contribution in [2.75, 3.05) is 11.9 Å². The van der Waals surface area contributed by atoms with E-state index in [2.05, 4.69) is 24.4 Å². The lowest BCUT2D eigenvalue weighted by Crippen LogP contribution is -2.27. The van der Waals surface area contributed by atoms with Crippen molar-refractivity contribution in [3.63, 3.8) is 0 Å². The molecule has 0 fully saturated rings. The monoisotopic (exact) mass is 207 g/mol. The molecule has 0 aliphatic rings. The van der Waals surface area contributed by atoms with Crippen LogP contribution in [0.1, 0.15) is 20.3 Å². The molecule has 0 aliphatic heterocycles. The van der Waals surface area contributed by atoms with E-state index in [1.165, 1.54) is 5.69 Å². The van der Waals surface area contributed by atoms with Gasteiger partial charge in [0.15, 0.2) is 0 Å². The summed E-state index contributed by atoms with van der Waals surface area (Å²) in [5.74, 6) is 0. The summed E-state index contributed by atoms with van der Waals surface area (Å²) in [6, 6.07) is 10.3. The Kier molecular flexibility index (Phi) is 5.33. The molecular weight excluding hydrogens is 190 g/mol. The minimum Gasteiger partial charge on any atom is -0.416 e. The SMILES string of the molecule is CCO[Si]C(CC)Nc1ccccc1. The van der Waals surface area contributed by atoms with Gasteiger partial charge in [-0.3, -0.25) is 0 Å². The highest BCUT2D eigenvalue weighted by Gasteiger charge is 2.07. The van der Waals surface area contributed by atoms with E-state index in [1.54, 1.807) is 0 Å². The molecule has 76 valence electrons. The van der Waals surface area contributed by atoms with Gasteiger partial charge in [-0.25, -0.2) is 0 Å².